The van der Waals surface area contributed by atoms with Crippen LogP contribution in [0, 0.1) is 0 Å². The van der Waals surface area contributed by atoms with Crippen LogP contribution in [0.2, 0.25) is 5.02 Å². The van der Waals surface area contributed by atoms with E-state index in [1.807, 2.05) is 0 Å². The minimum Gasteiger partial charge on any atom is -0.462 e. The molecule has 0 bridgehead atoms. The maximum Gasteiger partial charge on any atom is 0.344 e. The zero-order chi connectivity index (χ0) is 19.8. The number of hydrogen-bond donors (Lipinski definition) is 1. The molecule has 2 heterocycles. The van der Waals surface area contributed by atoms with Crippen LogP contribution in [0.15, 0.2) is 69.2 Å². The van der Waals surface area contributed by atoms with Crippen LogP contribution in [0.4, 0.5) is 0 Å². The lowest BCUT2D eigenvalue weighted by Gasteiger charge is -2.28. The molecule has 1 aliphatic heterocycles. The van der Waals surface area contributed by atoms with E-state index >= 15 is 0 Å². The van der Waals surface area contributed by atoms with Crippen LogP contribution < -0.4 is 16.1 Å². The lowest BCUT2D eigenvalue weighted by molar-refractivity contribution is -0.139. The van der Waals surface area contributed by atoms with E-state index in [9.17, 15) is 9.59 Å². The number of esters is 1. The first kappa shape index (κ1) is 18.1. The Labute approximate surface area is 165 Å². The van der Waals surface area contributed by atoms with Crippen LogP contribution in [-0.4, -0.2) is 12.6 Å². The Morgan fingerprint density at radius 3 is 2.64 bits per heavy atom. The van der Waals surface area contributed by atoms with Crippen molar-refractivity contribution < 1.29 is 18.7 Å². The highest BCUT2D eigenvalue weighted by Crippen LogP contribution is 2.45. The average Bonchev–Trinajstić information content (AvgIpc) is 2.67. The lowest BCUT2D eigenvalue weighted by atomic mass is 9.83. The molecule has 0 spiro atoms. The predicted molar refractivity (Wildman–Crippen MR) is 104 cm³/mol. The number of halogens is 1. The Morgan fingerprint density at radius 2 is 1.89 bits per heavy atom. The SMILES string of the molecule is CCOC(=O)C1=C(N)Oc2c(c(=O)oc3ccccc23)C1c1ccccc1Cl. The molecule has 6 nitrogen and oxygen atoms in total. The fourth-order valence-corrected chi connectivity index (χ4v) is 3.64. The fraction of sp³-hybridized carbons (Fsp3) is 0.143. The molecule has 3 aromatic rings. The maximum absolute atomic E-state index is 12.9. The van der Waals surface area contributed by atoms with E-state index in [-0.39, 0.29) is 29.4 Å². The number of nitrogens with two attached hydrogens (primary N) is 1. The molecule has 1 atom stereocenters. The molecule has 0 aliphatic carbocycles. The monoisotopic (exact) mass is 397 g/mol. The summed E-state index contributed by atoms with van der Waals surface area (Å²) in [6.45, 7) is 1.82. The highest BCUT2D eigenvalue weighted by molar-refractivity contribution is 6.31. The summed E-state index contributed by atoms with van der Waals surface area (Å²) < 4.78 is 16.4. The molecule has 0 amide bonds. The van der Waals surface area contributed by atoms with E-state index in [4.69, 9.17) is 31.2 Å². The number of fused-ring (bicyclic) bond motifs is 3. The first-order chi connectivity index (χ1) is 13.5. The van der Waals surface area contributed by atoms with E-state index in [0.29, 0.717) is 21.6 Å². The average molecular weight is 398 g/mol. The summed E-state index contributed by atoms with van der Waals surface area (Å²) >= 11 is 6.40. The van der Waals surface area contributed by atoms with Gasteiger partial charge in [-0.3, -0.25) is 0 Å². The molecule has 0 saturated carbocycles. The van der Waals surface area contributed by atoms with Crippen molar-refractivity contribution >= 4 is 28.5 Å². The normalized spacial score (nSPS) is 15.9. The highest BCUT2D eigenvalue weighted by Gasteiger charge is 2.40. The van der Waals surface area contributed by atoms with Gasteiger partial charge in [0.25, 0.3) is 0 Å². The minimum atomic E-state index is -0.877. The van der Waals surface area contributed by atoms with E-state index in [2.05, 4.69) is 0 Å². The van der Waals surface area contributed by atoms with Crippen LogP contribution in [0.5, 0.6) is 5.75 Å². The van der Waals surface area contributed by atoms with Gasteiger partial charge in [-0.2, -0.15) is 0 Å². The summed E-state index contributed by atoms with van der Waals surface area (Å²) in [7, 11) is 0. The van der Waals surface area contributed by atoms with Gasteiger partial charge in [0, 0.05) is 5.02 Å². The van der Waals surface area contributed by atoms with Crippen molar-refractivity contribution in [3.8, 4) is 5.75 Å². The molecular formula is C21H16ClNO5. The molecule has 7 heteroatoms. The Kier molecular flexibility index (Phi) is 4.57. The fourth-order valence-electron chi connectivity index (χ4n) is 3.39. The zero-order valence-corrected chi connectivity index (χ0v) is 15.7. The zero-order valence-electron chi connectivity index (χ0n) is 14.9. The van der Waals surface area contributed by atoms with Gasteiger partial charge in [0.1, 0.15) is 11.2 Å². The maximum atomic E-state index is 12.9. The van der Waals surface area contributed by atoms with Gasteiger partial charge in [-0.25, -0.2) is 9.59 Å². The third-order valence-corrected chi connectivity index (χ3v) is 4.91. The van der Waals surface area contributed by atoms with Crippen molar-refractivity contribution in [3.05, 3.63) is 86.6 Å². The number of ether oxygens (including phenoxy) is 2. The molecule has 142 valence electrons. The minimum absolute atomic E-state index is 0.0185. The predicted octanol–water partition coefficient (Wildman–Crippen LogP) is 3.70. The van der Waals surface area contributed by atoms with Gasteiger partial charge in [-0.05, 0) is 30.7 Å². The Bertz CT molecular complexity index is 1180. The molecule has 2 N–H and O–H groups in total. The van der Waals surface area contributed by atoms with Crippen molar-refractivity contribution in [3.63, 3.8) is 0 Å². The van der Waals surface area contributed by atoms with E-state index in [1.165, 1.54) is 0 Å². The second-order valence-corrected chi connectivity index (χ2v) is 6.59. The van der Waals surface area contributed by atoms with Crippen LogP contribution in [0.1, 0.15) is 24.0 Å². The molecule has 0 radical (unpaired) electrons. The molecule has 28 heavy (non-hydrogen) atoms. The quantitative estimate of drug-likeness (QED) is 0.535. The van der Waals surface area contributed by atoms with Gasteiger partial charge in [0.2, 0.25) is 5.88 Å². The topological polar surface area (TPSA) is 91.8 Å². The Balaban J connectivity index is 2.07. The van der Waals surface area contributed by atoms with Crippen LogP contribution in [0.25, 0.3) is 11.0 Å². The van der Waals surface area contributed by atoms with Gasteiger partial charge >= 0.3 is 11.6 Å². The van der Waals surface area contributed by atoms with Gasteiger partial charge in [-0.1, -0.05) is 41.9 Å². The van der Waals surface area contributed by atoms with Crippen molar-refractivity contribution in [2.75, 3.05) is 6.61 Å². The Hall–Kier alpha value is -3.25. The molecule has 0 fully saturated rings. The molecule has 0 saturated heterocycles. The summed E-state index contributed by atoms with van der Waals surface area (Å²) in [5.74, 6) is -1.44. The number of carbonyl (C=O) groups excluding carboxylic acids is 1. The van der Waals surface area contributed by atoms with Crippen molar-refractivity contribution in [2.24, 2.45) is 5.73 Å². The van der Waals surface area contributed by atoms with Crippen molar-refractivity contribution in [1.82, 2.24) is 0 Å². The van der Waals surface area contributed by atoms with Crippen molar-refractivity contribution in [2.45, 2.75) is 12.8 Å². The number of rotatable bonds is 3. The largest absolute Gasteiger partial charge is 0.462 e. The molecular weight excluding hydrogens is 382 g/mol. The smallest absolute Gasteiger partial charge is 0.344 e. The van der Waals surface area contributed by atoms with Gasteiger partial charge in [0.15, 0.2) is 5.75 Å². The molecule has 1 aromatic heterocycles. The summed E-state index contributed by atoms with van der Waals surface area (Å²) in [6, 6.07) is 13.9. The highest BCUT2D eigenvalue weighted by atomic mass is 35.5. The first-order valence-electron chi connectivity index (χ1n) is 8.67. The standard InChI is InChI=1S/C21H16ClNO5/c1-2-26-20(24)17-15(11-7-3-5-9-13(11)22)16-18(28-19(17)23)12-8-4-6-10-14(12)27-21(16)25/h3-10,15H,2,23H2,1H3. The lowest BCUT2D eigenvalue weighted by Crippen LogP contribution is -2.31. The number of carbonyl (C=O) groups is 1. The van der Waals surface area contributed by atoms with E-state index < -0.39 is 17.5 Å². The summed E-state index contributed by atoms with van der Waals surface area (Å²) in [6.07, 6.45) is 0. The number of hydrogen-bond acceptors (Lipinski definition) is 6. The van der Waals surface area contributed by atoms with Crippen LogP contribution >= 0.6 is 11.6 Å². The van der Waals surface area contributed by atoms with Crippen LogP contribution in [0.3, 0.4) is 0 Å². The second kappa shape index (κ2) is 7.05. The van der Waals surface area contributed by atoms with Crippen LogP contribution in [-0.2, 0) is 9.53 Å². The molecule has 1 unspecified atom stereocenters. The summed E-state index contributed by atoms with van der Waals surface area (Å²) in [4.78, 5) is 25.6. The number of para-hydroxylation sites is 1. The molecule has 2 aromatic carbocycles. The van der Waals surface area contributed by atoms with Gasteiger partial charge in [0.05, 0.1) is 23.5 Å². The Morgan fingerprint density at radius 1 is 1.18 bits per heavy atom. The molecule has 4 rings (SSSR count). The van der Waals surface area contributed by atoms with Gasteiger partial charge < -0.3 is 19.6 Å². The van der Waals surface area contributed by atoms with E-state index in [1.54, 1.807) is 55.5 Å². The van der Waals surface area contributed by atoms with Gasteiger partial charge in [-0.15, -0.1) is 0 Å². The summed E-state index contributed by atoms with van der Waals surface area (Å²) in [5.41, 5.74) is 6.56. The van der Waals surface area contributed by atoms with Crippen molar-refractivity contribution in [1.29, 1.82) is 0 Å². The molecule has 1 aliphatic rings. The third-order valence-electron chi connectivity index (χ3n) is 4.57. The number of benzene rings is 2. The summed E-state index contributed by atoms with van der Waals surface area (Å²) in [5, 5.41) is 0.947. The third kappa shape index (κ3) is 2.82. The first-order valence-corrected chi connectivity index (χ1v) is 9.05. The second-order valence-electron chi connectivity index (χ2n) is 6.18. The van der Waals surface area contributed by atoms with E-state index in [0.717, 1.165) is 0 Å².